The molecule has 26 heavy (non-hydrogen) atoms. The third-order valence-electron chi connectivity index (χ3n) is 3.92. The number of halogens is 3. The van der Waals surface area contributed by atoms with Crippen molar-refractivity contribution in [2.24, 2.45) is 0 Å². The van der Waals surface area contributed by atoms with Gasteiger partial charge >= 0.3 is 12.1 Å². The van der Waals surface area contributed by atoms with E-state index in [1.807, 2.05) is 0 Å². The highest BCUT2D eigenvalue weighted by Gasteiger charge is 2.30. The summed E-state index contributed by atoms with van der Waals surface area (Å²) in [5, 5.41) is 10.8. The Bertz CT molecular complexity index is 668. The SMILES string of the molecule is O=C(O)CNC(=O)CN1CCN(C(=O)c2ccc(C(F)(F)F)cc2)CC1. The van der Waals surface area contributed by atoms with E-state index in [4.69, 9.17) is 5.11 Å². The van der Waals surface area contributed by atoms with Gasteiger partial charge < -0.3 is 15.3 Å². The first-order valence-electron chi connectivity index (χ1n) is 7.84. The van der Waals surface area contributed by atoms with Crippen LogP contribution in [0.1, 0.15) is 15.9 Å². The Morgan fingerprint density at radius 3 is 2.12 bits per heavy atom. The van der Waals surface area contributed by atoms with Crippen molar-refractivity contribution in [3.8, 4) is 0 Å². The van der Waals surface area contributed by atoms with Gasteiger partial charge in [-0.3, -0.25) is 19.3 Å². The maximum Gasteiger partial charge on any atom is 0.416 e. The second kappa shape index (κ2) is 8.17. The zero-order chi connectivity index (χ0) is 19.3. The Labute approximate surface area is 147 Å². The molecule has 142 valence electrons. The molecule has 0 aliphatic carbocycles. The minimum absolute atomic E-state index is 0.0234. The van der Waals surface area contributed by atoms with Crippen molar-refractivity contribution in [1.29, 1.82) is 0 Å². The Kier molecular flexibility index (Phi) is 6.19. The molecule has 10 heteroatoms. The quantitative estimate of drug-likeness (QED) is 0.792. The van der Waals surface area contributed by atoms with Crippen LogP contribution >= 0.6 is 0 Å². The van der Waals surface area contributed by atoms with E-state index in [-0.39, 0.29) is 18.0 Å². The number of carbonyl (C=O) groups excluding carboxylic acids is 2. The highest BCUT2D eigenvalue weighted by molar-refractivity contribution is 5.94. The van der Waals surface area contributed by atoms with Gasteiger partial charge in [-0.05, 0) is 24.3 Å². The summed E-state index contributed by atoms with van der Waals surface area (Å²) < 4.78 is 37.7. The molecular weight excluding hydrogens is 355 g/mol. The number of amides is 2. The molecule has 1 aromatic rings. The number of nitrogens with one attached hydrogen (secondary N) is 1. The lowest BCUT2D eigenvalue weighted by Gasteiger charge is -2.34. The minimum Gasteiger partial charge on any atom is -0.480 e. The number of rotatable bonds is 5. The Hall–Kier alpha value is -2.62. The smallest absolute Gasteiger partial charge is 0.416 e. The molecule has 0 spiro atoms. The van der Waals surface area contributed by atoms with Crippen LogP contribution in [-0.4, -0.2) is 72.0 Å². The minimum atomic E-state index is -4.45. The molecule has 0 aromatic heterocycles. The van der Waals surface area contributed by atoms with Crippen molar-refractivity contribution in [2.75, 3.05) is 39.3 Å². The fourth-order valence-corrected chi connectivity index (χ4v) is 2.53. The molecule has 0 saturated carbocycles. The van der Waals surface area contributed by atoms with E-state index in [0.29, 0.717) is 26.2 Å². The lowest BCUT2D eigenvalue weighted by atomic mass is 10.1. The van der Waals surface area contributed by atoms with Gasteiger partial charge in [0, 0.05) is 31.7 Å². The second-order valence-electron chi connectivity index (χ2n) is 5.81. The summed E-state index contributed by atoms with van der Waals surface area (Å²) in [6.07, 6.45) is -4.45. The van der Waals surface area contributed by atoms with Crippen molar-refractivity contribution in [3.05, 3.63) is 35.4 Å². The summed E-state index contributed by atoms with van der Waals surface area (Å²) in [6.45, 7) is 1.04. The number of carbonyl (C=O) groups is 3. The van der Waals surface area contributed by atoms with Crippen molar-refractivity contribution < 1.29 is 32.7 Å². The average Bonchev–Trinajstić information content (AvgIpc) is 2.59. The summed E-state index contributed by atoms with van der Waals surface area (Å²) in [4.78, 5) is 37.6. The Morgan fingerprint density at radius 2 is 1.62 bits per heavy atom. The van der Waals surface area contributed by atoms with Crippen molar-refractivity contribution in [1.82, 2.24) is 15.1 Å². The number of nitrogens with zero attached hydrogens (tertiary/aromatic N) is 2. The van der Waals surface area contributed by atoms with E-state index in [2.05, 4.69) is 5.32 Å². The molecule has 1 heterocycles. The first-order valence-corrected chi connectivity index (χ1v) is 7.84. The maximum atomic E-state index is 12.6. The van der Waals surface area contributed by atoms with E-state index in [9.17, 15) is 27.6 Å². The van der Waals surface area contributed by atoms with Gasteiger partial charge in [0.05, 0.1) is 12.1 Å². The normalized spacial score (nSPS) is 15.6. The molecule has 0 unspecified atom stereocenters. The number of carboxylic acids is 1. The highest BCUT2D eigenvalue weighted by atomic mass is 19.4. The van der Waals surface area contributed by atoms with Crippen LogP contribution in [0.15, 0.2) is 24.3 Å². The van der Waals surface area contributed by atoms with Crippen LogP contribution in [0.2, 0.25) is 0 Å². The summed E-state index contributed by atoms with van der Waals surface area (Å²) in [5.74, 6) is -1.92. The van der Waals surface area contributed by atoms with Crippen LogP contribution in [-0.2, 0) is 15.8 Å². The zero-order valence-corrected chi connectivity index (χ0v) is 13.8. The second-order valence-corrected chi connectivity index (χ2v) is 5.81. The molecule has 0 radical (unpaired) electrons. The van der Waals surface area contributed by atoms with Crippen LogP contribution < -0.4 is 5.32 Å². The molecule has 1 saturated heterocycles. The van der Waals surface area contributed by atoms with E-state index in [0.717, 1.165) is 24.3 Å². The van der Waals surface area contributed by atoms with E-state index in [1.165, 1.54) is 4.90 Å². The first-order chi connectivity index (χ1) is 12.2. The topological polar surface area (TPSA) is 89.9 Å². The van der Waals surface area contributed by atoms with Crippen LogP contribution in [0.25, 0.3) is 0 Å². The molecule has 2 N–H and O–H groups in total. The molecule has 1 aromatic carbocycles. The number of hydrogen-bond donors (Lipinski definition) is 2. The average molecular weight is 373 g/mol. The monoisotopic (exact) mass is 373 g/mol. The van der Waals surface area contributed by atoms with Crippen LogP contribution in [0.4, 0.5) is 13.2 Å². The van der Waals surface area contributed by atoms with Crippen molar-refractivity contribution in [3.63, 3.8) is 0 Å². The predicted octanol–water partition coefficient (Wildman–Crippen LogP) is 0.664. The van der Waals surface area contributed by atoms with E-state index in [1.54, 1.807) is 4.90 Å². The van der Waals surface area contributed by atoms with Gasteiger partial charge in [0.2, 0.25) is 5.91 Å². The predicted molar refractivity (Wildman–Crippen MR) is 84.4 cm³/mol. The van der Waals surface area contributed by atoms with Gasteiger partial charge in [0.1, 0.15) is 6.54 Å². The van der Waals surface area contributed by atoms with E-state index >= 15 is 0 Å². The molecule has 1 aliphatic heterocycles. The van der Waals surface area contributed by atoms with Gasteiger partial charge in [-0.1, -0.05) is 0 Å². The highest BCUT2D eigenvalue weighted by Crippen LogP contribution is 2.29. The van der Waals surface area contributed by atoms with Crippen LogP contribution in [0.5, 0.6) is 0 Å². The number of piperazine rings is 1. The molecule has 1 fully saturated rings. The third-order valence-corrected chi connectivity index (χ3v) is 3.92. The summed E-state index contributed by atoms with van der Waals surface area (Å²) >= 11 is 0. The van der Waals surface area contributed by atoms with Crippen molar-refractivity contribution in [2.45, 2.75) is 6.18 Å². The molecule has 2 amide bonds. The zero-order valence-electron chi connectivity index (χ0n) is 13.8. The molecular formula is C16H18F3N3O4. The molecule has 0 atom stereocenters. The Balaban J connectivity index is 1.84. The van der Waals surface area contributed by atoms with Gasteiger partial charge in [0.25, 0.3) is 5.91 Å². The molecule has 1 aliphatic rings. The van der Waals surface area contributed by atoms with Gasteiger partial charge in [-0.25, -0.2) is 0 Å². The van der Waals surface area contributed by atoms with Crippen molar-refractivity contribution >= 4 is 17.8 Å². The van der Waals surface area contributed by atoms with Gasteiger partial charge in [-0.2, -0.15) is 13.2 Å². The lowest BCUT2D eigenvalue weighted by molar-refractivity contribution is -0.138. The first kappa shape index (κ1) is 19.7. The summed E-state index contributed by atoms with van der Waals surface area (Å²) in [5.41, 5.74) is -0.642. The number of aliphatic carboxylic acids is 1. The van der Waals surface area contributed by atoms with Crippen LogP contribution in [0.3, 0.4) is 0 Å². The van der Waals surface area contributed by atoms with Gasteiger partial charge in [0.15, 0.2) is 0 Å². The lowest BCUT2D eigenvalue weighted by Crippen LogP contribution is -2.51. The summed E-state index contributed by atoms with van der Waals surface area (Å²) in [6, 6.07) is 4.04. The Morgan fingerprint density at radius 1 is 1.04 bits per heavy atom. The van der Waals surface area contributed by atoms with E-state index < -0.39 is 30.2 Å². The van der Waals surface area contributed by atoms with Crippen LogP contribution in [0, 0.1) is 0 Å². The maximum absolute atomic E-state index is 12.6. The number of carboxylic acid groups (broad SMARTS) is 1. The largest absolute Gasteiger partial charge is 0.480 e. The molecule has 7 nitrogen and oxygen atoms in total. The standard InChI is InChI=1S/C16H18F3N3O4/c17-16(18,19)12-3-1-11(2-4-12)15(26)22-7-5-21(6-8-22)10-13(23)20-9-14(24)25/h1-4H,5-10H2,(H,20,23)(H,24,25). The third kappa shape index (κ3) is 5.45. The van der Waals surface area contributed by atoms with Gasteiger partial charge in [-0.15, -0.1) is 0 Å². The fraction of sp³-hybridized carbons (Fsp3) is 0.438. The number of alkyl halides is 3. The number of hydrogen-bond acceptors (Lipinski definition) is 4. The fourth-order valence-electron chi connectivity index (χ4n) is 2.53. The summed E-state index contributed by atoms with van der Waals surface area (Å²) in [7, 11) is 0. The molecule has 2 rings (SSSR count). The number of benzene rings is 1. The molecule has 0 bridgehead atoms.